The van der Waals surface area contributed by atoms with Crippen molar-refractivity contribution < 1.29 is 14.7 Å². The molecule has 0 spiro atoms. The van der Waals surface area contributed by atoms with Gasteiger partial charge in [0.05, 0.1) is 11.3 Å². The van der Waals surface area contributed by atoms with E-state index in [1.807, 2.05) is 13.8 Å². The molecule has 1 atom stereocenters. The Bertz CT molecular complexity index is 261. The normalized spacial score (nSPS) is 13.2. The van der Waals surface area contributed by atoms with Crippen molar-refractivity contribution in [3.8, 4) is 0 Å². The molecule has 0 saturated heterocycles. The molecule has 0 fully saturated rings. The number of carboxylic acids is 1. The van der Waals surface area contributed by atoms with E-state index < -0.39 is 17.3 Å². The first-order valence-corrected chi connectivity index (χ1v) is 6.39. The Kier molecular flexibility index (Phi) is 6.85. The minimum atomic E-state index is -1.01. The van der Waals surface area contributed by atoms with Crippen LogP contribution in [0.4, 0.5) is 0 Å². The monoisotopic (exact) mass is 243 g/mol. The van der Waals surface area contributed by atoms with Crippen LogP contribution in [-0.4, -0.2) is 23.5 Å². The van der Waals surface area contributed by atoms with Crippen LogP contribution in [0.3, 0.4) is 0 Å². The third-order valence-electron chi connectivity index (χ3n) is 3.13. The van der Waals surface area contributed by atoms with Gasteiger partial charge in [0.15, 0.2) is 0 Å². The van der Waals surface area contributed by atoms with Gasteiger partial charge in [0.2, 0.25) is 5.91 Å². The van der Waals surface area contributed by atoms with Gasteiger partial charge in [-0.2, -0.15) is 0 Å². The number of carbonyl (C=O) groups is 2. The summed E-state index contributed by atoms with van der Waals surface area (Å²) in [6.07, 6.45) is 3.33. The predicted octanol–water partition coefficient (Wildman–Crippen LogP) is 2.43. The highest BCUT2D eigenvalue weighted by molar-refractivity contribution is 5.86. The summed E-state index contributed by atoms with van der Waals surface area (Å²) in [4.78, 5) is 23.2. The maximum atomic E-state index is 12.0. The maximum absolute atomic E-state index is 12.0. The molecule has 0 bridgehead atoms. The van der Waals surface area contributed by atoms with Gasteiger partial charge < -0.3 is 10.4 Å². The lowest BCUT2D eigenvalue weighted by atomic mass is 9.75. The molecule has 4 nitrogen and oxygen atoms in total. The standard InChI is InChI=1S/C13H25NO3/c1-5-7-8-10(11(15)14-9-6-2)13(3,4)12(16)17/h10H,5-9H2,1-4H3,(H,14,15)(H,16,17). The Morgan fingerprint density at radius 2 is 1.82 bits per heavy atom. The zero-order chi connectivity index (χ0) is 13.5. The second-order valence-electron chi connectivity index (χ2n) is 5.01. The van der Waals surface area contributed by atoms with Gasteiger partial charge in [-0.25, -0.2) is 0 Å². The lowest BCUT2D eigenvalue weighted by Crippen LogP contribution is -2.43. The average Bonchev–Trinajstić information content (AvgIpc) is 2.26. The van der Waals surface area contributed by atoms with Crippen molar-refractivity contribution in [2.75, 3.05) is 6.54 Å². The quantitative estimate of drug-likeness (QED) is 0.688. The minimum Gasteiger partial charge on any atom is -0.481 e. The molecule has 17 heavy (non-hydrogen) atoms. The molecule has 0 aromatic rings. The van der Waals surface area contributed by atoms with Crippen molar-refractivity contribution >= 4 is 11.9 Å². The van der Waals surface area contributed by atoms with Crippen LogP contribution in [-0.2, 0) is 9.59 Å². The molecule has 100 valence electrons. The van der Waals surface area contributed by atoms with Gasteiger partial charge >= 0.3 is 5.97 Å². The Hall–Kier alpha value is -1.06. The molecule has 0 aliphatic heterocycles. The van der Waals surface area contributed by atoms with E-state index in [4.69, 9.17) is 0 Å². The van der Waals surface area contributed by atoms with Crippen LogP contribution >= 0.6 is 0 Å². The zero-order valence-corrected chi connectivity index (χ0v) is 11.4. The van der Waals surface area contributed by atoms with Crippen molar-refractivity contribution in [3.63, 3.8) is 0 Å². The molecule has 2 N–H and O–H groups in total. The van der Waals surface area contributed by atoms with Crippen LogP contribution in [0.2, 0.25) is 0 Å². The van der Waals surface area contributed by atoms with Gasteiger partial charge in [0, 0.05) is 6.54 Å². The van der Waals surface area contributed by atoms with E-state index in [1.165, 1.54) is 0 Å². The van der Waals surface area contributed by atoms with Gasteiger partial charge in [-0.05, 0) is 26.7 Å². The van der Waals surface area contributed by atoms with Crippen molar-refractivity contribution in [3.05, 3.63) is 0 Å². The number of hydrogen-bond acceptors (Lipinski definition) is 2. The molecule has 0 aromatic carbocycles. The van der Waals surface area contributed by atoms with Crippen molar-refractivity contribution in [2.45, 2.75) is 53.4 Å². The lowest BCUT2D eigenvalue weighted by Gasteiger charge is -2.29. The lowest BCUT2D eigenvalue weighted by molar-refractivity contribution is -0.154. The number of aliphatic carboxylic acids is 1. The van der Waals surface area contributed by atoms with Crippen LogP contribution in [0.15, 0.2) is 0 Å². The second kappa shape index (κ2) is 7.30. The van der Waals surface area contributed by atoms with Crippen LogP contribution < -0.4 is 5.32 Å². The number of amides is 1. The number of hydrogen-bond donors (Lipinski definition) is 2. The van der Waals surface area contributed by atoms with Gasteiger partial charge in [-0.3, -0.25) is 9.59 Å². The fourth-order valence-corrected chi connectivity index (χ4v) is 1.75. The highest BCUT2D eigenvalue weighted by Crippen LogP contribution is 2.31. The largest absolute Gasteiger partial charge is 0.481 e. The first kappa shape index (κ1) is 15.9. The van der Waals surface area contributed by atoms with Crippen LogP contribution in [0, 0.1) is 11.3 Å². The van der Waals surface area contributed by atoms with E-state index in [-0.39, 0.29) is 5.91 Å². The third kappa shape index (κ3) is 4.75. The fourth-order valence-electron chi connectivity index (χ4n) is 1.75. The molecule has 0 radical (unpaired) electrons. The van der Waals surface area contributed by atoms with Gasteiger partial charge in [-0.15, -0.1) is 0 Å². The molecule has 1 unspecified atom stereocenters. The Morgan fingerprint density at radius 3 is 2.24 bits per heavy atom. The smallest absolute Gasteiger partial charge is 0.309 e. The fraction of sp³-hybridized carbons (Fsp3) is 0.846. The SMILES string of the molecule is CCCCC(C(=O)NCCC)C(C)(C)C(=O)O. The van der Waals surface area contributed by atoms with E-state index in [0.717, 1.165) is 19.3 Å². The zero-order valence-electron chi connectivity index (χ0n) is 11.4. The number of carbonyl (C=O) groups excluding carboxylic acids is 1. The topological polar surface area (TPSA) is 66.4 Å². The Morgan fingerprint density at radius 1 is 1.24 bits per heavy atom. The molecule has 0 aliphatic rings. The summed E-state index contributed by atoms with van der Waals surface area (Å²) in [6.45, 7) is 7.87. The maximum Gasteiger partial charge on any atom is 0.309 e. The minimum absolute atomic E-state index is 0.132. The summed E-state index contributed by atoms with van der Waals surface area (Å²) in [5.41, 5.74) is -1.01. The van der Waals surface area contributed by atoms with Gasteiger partial charge in [0.25, 0.3) is 0 Å². The summed E-state index contributed by atoms with van der Waals surface area (Å²) in [6, 6.07) is 0. The van der Waals surface area contributed by atoms with E-state index >= 15 is 0 Å². The molecular weight excluding hydrogens is 218 g/mol. The number of rotatable bonds is 8. The second-order valence-corrected chi connectivity index (χ2v) is 5.01. The molecule has 0 saturated carbocycles. The van der Waals surface area contributed by atoms with Gasteiger partial charge in [0.1, 0.15) is 0 Å². The summed E-state index contributed by atoms with van der Waals surface area (Å²) in [5, 5.41) is 12.0. The Labute approximate surface area is 104 Å². The third-order valence-corrected chi connectivity index (χ3v) is 3.13. The van der Waals surface area contributed by atoms with Crippen molar-refractivity contribution in [1.29, 1.82) is 0 Å². The van der Waals surface area contributed by atoms with Crippen LogP contribution in [0.25, 0.3) is 0 Å². The molecule has 0 aromatic heterocycles. The predicted molar refractivity (Wildman–Crippen MR) is 67.7 cm³/mol. The number of nitrogens with one attached hydrogen (secondary N) is 1. The van der Waals surface area contributed by atoms with E-state index in [9.17, 15) is 14.7 Å². The Balaban J connectivity index is 4.73. The van der Waals surface area contributed by atoms with E-state index in [1.54, 1.807) is 13.8 Å². The summed E-state index contributed by atoms with van der Waals surface area (Å²) in [5.74, 6) is -1.50. The highest BCUT2D eigenvalue weighted by Gasteiger charge is 2.40. The first-order chi connectivity index (χ1) is 7.87. The first-order valence-electron chi connectivity index (χ1n) is 6.39. The molecular formula is C13H25NO3. The molecule has 4 heteroatoms. The molecule has 0 heterocycles. The summed E-state index contributed by atoms with van der Waals surface area (Å²) >= 11 is 0. The highest BCUT2D eigenvalue weighted by atomic mass is 16.4. The summed E-state index contributed by atoms with van der Waals surface area (Å²) < 4.78 is 0. The van der Waals surface area contributed by atoms with E-state index in [0.29, 0.717) is 13.0 Å². The van der Waals surface area contributed by atoms with Crippen molar-refractivity contribution in [2.24, 2.45) is 11.3 Å². The van der Waals surface area contributed by atoms with E-state index in [2.05, 4.69) is 5.32 Å². The van der Waals surface area contributed by atoms with Gasteiger partial charge in [-0.1, -0.05) is 26.7 Å². The van der Waals surface area contributed by atoms with Crippen molar-refractivity contribution in [1.82, 2.24) is 5.32 Å². The number of unbranched alkanes of at least 4 members (excludes halogenated alkanes) is 1. The van der Waals surface area contributed by atoms with Crippen LogP contribution in [0.5, 0.6) is 0 Å². The molecule has 1 amide bonds. The number of carboxylic acid groups (broad SMARTS) is 1. The summed E-state index contributed by atoms with van der Waals surface area (Å²) in [7, 11) is 0. The van der Waals surface area contributed by atoms with Crippen LogP contribution in [0.1, 0.15) is 53.4 Å². The average molecular weight is 243 g/mol. The molecule has 0 rings (SSSR count). The molecule has 0 aliphatic carbocycles.